The number of fused-ring (bicyclic) bond motifs is 3. The Hall–Kier alpha value is -3.10. The summed E-state index contributed by atoms with van der Waals surface area (Å²) in [6.07, 6.45) is 0.651. The molecule has 0 fully saturated rings. The van der Waals surface area contributed by atoms with Gasteiger partial charge in [-0.3, -0.25) is 14.5 Å². The molecule has 3 atom stereocenters. The van der Waals surface area contributed by atoms with E-state index in [2.05, 4.69) is 15.6 Å². The molecule has 0 saturated carbocycles. The number of amides is 3. The average molecular weight is 387 g/mol. The molecule has 0 spiro atoms. The van der Waals surface area contributed by atoms with Crippen LogP contribution in [0, 0.1) is 5.92 Å². The van der Waals surface area contributed by atoms with Crippen LogP contribution in [0.3, 0.4) is 0 Å². The van der Waals surface area contributed by atoms with Crippen molar-refractivity contribution in [2.24, 2.45) is 5.92 Å². The summed E-state index contributed by atoms with van der Waals surface area (Å²) in [6.45, 7) is 6.22. The molecule has 1 aliphatic rings. The molecule has 9 nitrogen and oxygen atoms in total. The molecule has 1 aromatic heterocycles. The summed E-state index contributed by atoms with van der Waals surface area (Å²) in [4.78, 5) is 42.6. The van der Waals surface area contributed by atoms with Crippen LogP contribution in [0.15, 0.2) is 24.3 Å². The number of imidazole rings is 1. The number of aliphatic carboxylic acids is 1. The van der Waals surface area contributed by atoms with Gasteiger partial charge in [0, 0.05) is 13.1 Å². The van der Waals surface area contributed by atoms with Crippen molar-refractivity contribution >= 4 is 34.9 Å². The molecular formula is C19H25N5O4. The Kier molecular flexibility index (Phi) is 5.53. The van der Waals surface area contributed by atoms with Crippen LogP contribution in [0.25, 0.3) is 11.0 Å². The first kappa shape index (κ1) is 19.7. The van der Waals surface area contributed by atoms with E-state index in [0.717, 1.165) is 11.0 Å². The zero-order valence-corrected chi connectivity index (χ0v) is 16.2. The van der Waals surface area contributed by atoms with E-state index < -0.39 is 30.0 Å². The molecule has 2 heterocycles. The Morgan fingerprint density at radius 1 is 1.18 bits per heavy atom. The lowest BCUT2D eigenvalue weighted by molar-refractivity contribution is -0.141. The van der Waals surface area contributed by atoms with Crippen LogP contribution < -0.4 is 15.5 Å². The summed E-state index contributed by atoms with van der Waals surface area (Å²) < 4.78 is 1.97. The van der Waals surface area contributed by atoms with Crippen molar-refractivity contribution in [3.8, 4) is 0 Å². The predicted molar refractivity (Wildman–Crippen MR) is 104 cm³/mol. The van der Waals surface area contributed by atoms with Gasteiger partial charge in [0.05, 0.1) is 11.0 Å². The lowest BCUT2D eigenvalue weighted by Gasteiger charge is -2.26. The number of rotatable bonds is 6. The third-order valence-corrected chi connectivity index (χ3v) is 5.17. The fourth-order valence-electron chi connectivity index (χ4n) is 3.26. The smallest absolute Gasteiger partial charge is 0.325 e. The van der Waals surface area contributed by atoms with Crippen LogP contribution in [0.4, 0.5) is 10.7 Å². The number of nitrogens with zero attached hydrogens (tertiary/aromatic N) is 3. The van der Waals surface area contributed by atoms with Gasteiger partial charge in [-0.1, -0.05) is 32.4 Å². The van der Waals surface area contributed by atoms with Crippen LogP contribution in [-0.4, -0.2) is 51.2 Å². The van der Waals surface area contributed by atoms with Crippen molar-refractivity contribution in [3.05, 3.63) is 24.3 Å². The Labute approximate surface area is 162 Å². The highest BCUT2D eigenvalue weighted by molar-refractivity contribution is 5.97. The second kappa shape index (κ2) is 7.87. The van der Waals surface area contributed by atoms with Crippen molar-refractivity contribution < 1.29 is 19.5 Å². The summed E-state index contributed by atoms with van der Waals surface area (Å²) in [5.41, 5.74) is 1.76. The highest BCUT2D eigenvalue weighted by Crippen LogP contribution is 2.27. The number of carbonyl (C=O) groups is 3. The van der Waals surface area contributed by atoms with Gasteiger partial charge in [0.15, 0.2) is 0 Å². The van der Waals surface area contributed by atoms with Gasteiger partial charge in [-0.05, 0) is 25.0 Å². The summed E-state index contributed by atoms with van der Waals surface area (Å²) in [6, 6.07) is 5.37. The first-order valence-corrected chi connectivity index (χ1v) is 9.40. The Balaban J connectivity index is 1.78. The van der Waals surface area contributed by atoms with E-state index in [0.29, 0.717) is 25.5 Å². The van der Waals surface area contributed by atoms with E-state index in [1.54, 1.807) is 0 Å². The van der Waals surface area contributed by atoms with Crippen molar-refractivity contribution in [3.63, 3.8) is 0 Å². The number of hydrogen-bond acceptors (Lipinski definition) is 4. The lowest BCUT2D eigenvalue weighted by atomic mass is 9.98. The van der Waals surface area contributed by atoms with Gasteiger partial charge in [-0.25, -0.2) is 9.78 Å². The van der Waals surface area contributed by atoms with Gasteiger partial charge in [-0.2, -0.15) is 0 Å². The molecule has 28 heavy (non-hydrogen) atoms. The van der Waals surface area contributed by atoms with Crippen LogP contribution in [-0.2, 0) is 16.1 Å². The fraction of sp³-hybridized carbons (Fsp3) is 0.474. The highest BCUT2D eigenvalue weighted by atomic mass is 16.4. The number of carboxylic acid groups (broad SMARTS) is 1. The second-order valence-corrected chi connectivity index (χ2v) is 7.09. The summed E-state index contributed by atoms with van der Waals surface area (Å²) in [7, 11) is 0. The molecule has 0 aliphatic carbocycles. The molecule has 3 N–H and O–H groups in total. The van der Waals surface area contributed by atoms with Crippen molar-refractivity contribution in [1.82, 2.24) is 20.2 Å². The Morgan fingerprint density at radius 3 is 2.57 bits per heavy atom. The lowest BCUT2D eigenvalue weighted by Crippen LogP contribution is -2.56. The second-order valence-electron chi connectivity index (χ2n) is 7.09. The number of nitrogens with one attached hydrogen (secondary N) is 2. The maximum absolute atomic E-state index is 12.9. The van der Waals surface area contributed by atoms with E-state index in [4.69, 9.17) is 5.11 Å². The van der Waals surface area contributed by atoms with Crippen LogP contribution >= 0.6 is 0 Å². The molecule has 3 rings (SSSR count). The third-order valence-electron chi connectivity index (χ3n) is 5.17. The molecule has 3 amide bonds. The van der Waals surface area contributed by atoms with Gasteiger partial charge in [0.25, 0.3) is 0 Å². The van der Waals surface area contributed by atoms with Gasteiger partial charge in [0.1, 0.15) is 12.1 Å². The number of hydrogen-bond donors (Lipinski definition) is 3. The van der Waals surface area contributed by atoms with Crippen LogP contribution in [0.1, 0.15) is 27.2 Å². The minimum Gasteiger partial charge on any atom is -0.480 e. The number of benzene rings is 1. The molecule has 0 saturated heterocycles. The summed E-state index contributed by atoms with van der Waals surface area (Å²) in [5.74, 6) is -1.26. The van der Waals surface area contributed by atoms with E-state index in [-0.39, 0.29) is 5.92 Å². The Bertz CT molecular complexity index is 909. The topological polar surface area (TPSA) is 117 Å². The van der Waals surface area contributed by atoms with E-state index in [9.17, 15) is 14.4 Å². The van der Waals surface area contributed by atoms with Gasteiger partial charge >= 0.3 is 12.0 Å². The molecule has 0 radical (unpaired) electrons. The number of carboxylic acids is 1. The predicted octanol–water partition coefficient (Wildman–Crippen LogP) is 1.57. The zero-order chi connectivity index (χ0) is 20.4. The standard InChI is InChI=1S/C19H25N5O4/c1-4-11(2)15(16(25)20-12(3)17(26)27)22-19(28)24-10-9-23-14-8-6-5-7-13(14)21-18(23)24/h5-8,11-12,15H,4,9-10H2,1-3H3,(H,20,25)(H,22,28)(H,26,27). The SMILES string of the molecule is CCC(C)C(NC(=O)N1CCn2c1nc1ccccc12)C(=O)NC(C)C(=O)O. The zero-order valence-electron chi connectivity index (χ0n) is 16.2. The minimum atomic E-state index is -1.13. The summed E-state index contributed by atoms with van der Waals surface area (Å²) >= 11 is 0. The van der Waals surface area contributed by atoms with Gasteiger partial charge in [0.2, 0.25) is 11.9 Å². The monoisotopic (exact) mass is 387 g/mol. The Morgan fingerprint density at radius 2 is 1.89 bits per heavy atom. The normalized spacial score (nSPS) is 16.3. The number of urea groups is 1. The highest BCUT2D eigenvalue weighted by Gasteiger charge is 2.33. The summed E-state index contributed by atoms with van der Waals surface area (Å²) in [5, 5.41) is 14.2. The molecule has 3 unspecified atom stereocenters. The number of aromatic nitrogens is 2. The van der Waals surface area contributed by atoms with Gasteiger partial charge in [-0.15, -0.1) is 0 Å². The molecule has 0 bridgehead atoms. The van der Waals surface area contributed by atoms with Crippen molar-refractivity contribution in [2.75, 3.05) is 11.4 Å². The van der Waals surface area contributed by atoms with Crippen molar-refractivity contribution in [1.29, 1.82) is 0 Å². The maximum atomic E-state index is 12.9. The van der Waals surface area contributed by atoms with Crippen LogP contribution in [0.2, 0.25) is 0 Å². The molecule has 2 aromatic rings. The molecular weight excluding hydrogens is 362 g/mol. The van der Waals surface area contributed by atoms with E-state index in [1.165, 1.54) is 11.8 Å². The van der Waals surface area contributed by atoms with E-state index in [1.807, 2.05) is 42.7 Å². The fourth-order valence-corrected chi connectivity index (χ4v) is 3.26. The quantitative estimate of drug-likeness (QED) is 0.696. The number of para-hydroxylation sites is 2. The van der Waals surface area contributed by atoms with Crippen LogP contribution in [0.5, 0.6) is 0 Å². The first-order chi connectivity index (χ1) is 13.3. The average Bonchev–Trinajstić information content (AvgIpc) is 3.24. The molecule has 1 aromatic carbocycles. The maximum Gasteiger partial charge on any atom is 0.325 e. The first-order valence-electron chi connectivity index (χ1n) is 9.40. The van der Waals surface area contributed by atoms with E-state index >= 15 is 0 Å². The molecule has 150 valence electrons. The van der Waals surface area contributed by atoms with Crippen molar-refractivity contribution in [2.45, 2.75) is 45.8 Å². The van der Waals surface area contributed by atoms with Gasteiger partial charge < -0.3 is 20.3 Å². The number of carbonyl (C=O) groups excluding carboxylic acids is 2. The minimum absolute atomic E-state index is 0.161. The third kappa shape index (κ3) is 3.64. The molecule has 9 heteroatoms. The number of anilines is 1. The largest absolute Gasteiger partial charge is 0.480 e. The molecule has 1 aliphatic heterocycles.